The molecule has 4 aliphatic carbocycles. The maximum Gasteiger partial charge on any atom is 0.0537 e. The first-order chi connectivity index (χ1) is 10.2. The predicted octanol–water partition coefficient (Wildman–Crippen LogP) is 3.77. The first kappa shape index (κ1) is 13.8. The first-order valence-electron chi connectivity index (χ1n) is 8.89. The van der Waals surface area contributed by atoms with Crippen molar-refractivity contribution in [3.05, 3.63) is 18.0 Å². The van der Waals surface area contributed by atoms with Crippen LogP contribution in [-0.2, 0) is 6.54 Å². The second kappa shape index (κ2) is 5.12. The summed E-state index contributed by atoms with van der Waals surface area (Å²) in [6.45, 7) is 3.12. The molecule has 0 aromatic carbocycles. The molecule has 0 spiro atoms. The van der Waals surface area contributed by atoms with Gasteiger partial charge in [-0.05, 0) is 82.1 Å². The van der Waals surface area contributed by atoms with Crippen LogP contribution in [0.3, 0.4) is 0 Å². The van der Waals surface area contributed by atoms with Crippen LogP contribution < -0.4 is 5.32 Å². The molecular formula is C18H29N3. The van der Waals surface area contributed by atoms with Crippen LogP contribution in [0.1, 0.15) is 63.5 Å². The van der Waals surface area contributed by atoms with E-state index in [1.54, 1.807) is 0 Å². The molecule has 4 aliphatic rings. The molecule has 5 rings (SSSR count). The van der Waals surface area contributed by atoms with Crippen molar-refractivity contribution in [2.75, 3.05) is 7.05 Å². The topological polar surface area (TPSA) is 29.9 Å². The number of rotatable bonds is 5. The number of hydrogen-bond acceptors (Lipinski definition) is 2. The summed E-state index contributed by atoms with van der Waals surface area (Å²) in [5.41, 5.74) is 2.02. The van der Waals surface area contributed by atoms with Crippen molar-refractivity contribution >= 4 is 0 Å². The van der Waals surface area contributed by atoms with Crippen LogP contribution in [0.2, 0.25) is 0 Å². The zero-order valence-electron chi connectivity index (χ0n) is 13.5. The van der Waals surface area contributed by atoms with E-state index in [2.05, 4.69) is 41.5 Å². The van der Waals surface area contributed by atoms with Gasteiger partial charge in [0.25, 0.3) is 0 Å². The third-order valence-electron chi connectivity index (χ3n) is 6.53. The molecular weight excluding hydrogens is 258 g/mol. The van der Waals surface area contributed by atoms with Gasteiger partial charge in [0.2, 0.25) is 0 Å². The van der Waals surface area contributed by atoms with Gasteiger partial charge in [0.15, 0.2) is 0 Å². The lowest BCUT2D eigenvalue weighted by atomic mass is 9.48. The van der Waals surface area contributed by atoms with Crippen molar-refractivity contribution in [3.63, 3.8) is 0 Å². The second-order valence-electron chi connectivity index (χ2n) is 8.09. The minimum atomic E-state index is 0.488. The molecule has 4 saturated carbocycles. The Hall–Kier alpha value is -0.830. The van der Waals surface area contributed by atoms with Crippen molar-refractivity contribution < 1.29 is 0 Å². The summed E-state index contributed by atoms with van der Waals surface area (Å²) >= 11 is 0. The fourth-order valence-electron chi connectivity index (χ4n) is 6.09. The monoisotopic (exact) mass is 287 g/mol. The van der Waals surface area contributed by atoms with E-state index in [9.17, 15) is 0 Å². The largest absolute Gasteiger partial charge is 0.313 e. The number of nitrogens with zero attached hydrogens (tertiary/aromatic N) is 2. The van der Waals surface area contributed by atoms with E-state index in [4.69, 9.17) is 0 Å². The average molecular weight is 287 g/mol. The van der Waals surface area contributed by atoms with Crippen molar-refractivity contribution in [2.45, 2.75) is 64.5 Å². The Kier molecular flexibility index (Phi) is 3.36. The molecule has 4 bridgehead atoms. The highest BCUT2D eigenvalue weighted by Gasteiger charge is 2.51. The molecule has 0 aliphatic heterocycles. The average Bonchev–Trinajstić information content (AvgIpc) is 2.92. The lowest BCUT2D eigenvalue weighted by molar-refractivity contribution is -0.0619. The lowest BCUT2D eigenvalue weighted by Gasteiger charge is -2.57. The smallest absolute Gasteiger partial charge is 0.0537 e. The van der Waals surface area contributed by atoms with E-state index in [0.717, 1.165) is 24.3 Å². The highest BCUT2D eigenvalue weighted by atomic mass is 15.3. The molecule has 3 nitrogen and oxygen atoms in total. The number of aryl methyl sites for hydroxylation is 1. The molecule has 116 valence electrons. The molecule has 1 unspecified atom stereocenters. The van der Waals surface area contributed by atoms with Gasteiger partial charge in [-0.15, -0.1) is 0 Å². The van der Waals surface area contributed by atoms with E-state index in [1.807, 2.05) is 0 Å². The fraction of sp³-hybridized carbons (Fsp3) is 0.833. The van der Waals surface area contributed by atoms with Gasteiger partial charge in [-0.3, -0.25) is 4.68 Å². The fourth-order valence-corrected chi connectivity index (χ4v) is 6.09. The Balaban J connectivity index is 1.53. The molecule has 0 saturated heterocycles. The van der Waals surface area contributed by atoms with E-state index < -0.39 is 0 Å². The van der Waals surface area contributed by atoms with Gasteiger partial charge in [0.1, 0.15) is 0 Å². The van der Waals surface area contributed by atoms with E-state index in [0.29, 0.717) is 11.5 Å². The summed E-state index contributed by atoms with van der Waals surface area (Å²) in [7, 11) is 2.12. The summed E-state index contributed by atoms with van der Waals surface area (Å²) in [6.07, 6.45) is 14.7. The highest BCUT2D eigenvalue weighted by Crippen LogP contribution is 2.62. The van der Waals surface area contributed by atoms with E-state index >= 15 is 0 Å². The van der Waals surface area contributed by atoms with Gasteiger partial charge < -0.3 is 5.32 Å². The van der Waals surface area contributed by atoms with Crippen molar-refractivity contribution in [3.8, 4) is 0 Å². The second-order valence-corrected chi connectivity index (χ2v) is 8.09. The maximum absolute atomic E-state index is 4.47. The van der Waals surface area contributed by atoms with E-state index in [1.165, 1.54) is 50.5 Å². The molecule has 4 fully saturated rings. The van der Waals surface area contributed by atoms with Crippen LogP contribution in [0.5, 0.6) is 0 Å². The van der Waals surface area contributed by atoms with Crippen LogP contribution in [0.15, 0.2) is 12.4 Å². The Morgan fingerprint density at radius 1 is 1.24 bits per heavy atom. The Labute approximate surface area is 128 Å². The standard InChI is InChI=1S/C18H29N3/c1-3-21-12-16(11-20-21)17(19-2)10-18-7-13-4-14(8-18)6-15(5-13)9-18/h11-15,17,19H,3-10H2,1-2H3. The summed E-state index contributed by atoms with van der Waals surface area (Å²) < 4.78 is 2.05. The van der Waals surface area contributed by atoms with Crippen LogP contribution in [0.4, 0.5) is 0 Å². The summed E-state index contributed by atoms with van der Waals surface area (Å²) in [5.74, 6) is 3.14. The molecule has 3 heteroatoms. The quantitative estimate of drug-likeness (QED) is 0.893. The van der Waals surface area contributed by atoms with Gasteiger partial charge in [0.05, 0.1) is 6.20 Å². The van der Waals surface area contributed by atoms with E-state index in [-0.39, 0.29) is 0 Å². The third-order valence-corrected chi connectivity index (χ3v) is 6.53. The van der Waals surface area contributed by atoms with Crippen LogP contribution in [-0.4, -0.2) is 16.8 Å². The molecule has 0 amide bonds. The maximum atomic E-state index is 4.47. The number of aromatic nitrogens is 2. The zero-order valence-corrected chi connectivity index (χ0v) is 13.5. The first-order valence-corrected chi connectivity index (χ1v) is 8.89. The highest BCUT2D eigenvalue weighted by molar-refractivity contribution is 5.13. The molecule has 1 atom stereocenters. The van der Waals surface area contributed by atoms with Crippen LogP contribution >= 0.6 is 0 Å². The van der Waals surface area contributed by atoms with Gasteiger partial charge in [-0.1, -0.05) is 0 Å². The predicted molar refractivity (Wildman–Crippen MR) is 84.9 cm³/mol. The summed E-state index contributed by atoms with van der Waals surface area (Å²) in [6, 6.07) is 0.488. The van der Waals surface area contributed by atoms with Gasteiger partial charge >= 0.3 is 0 Å². The summed E-state index contributed by atoms with van der Waals surface area (Å²) in [4.78, 5) is 0. The minimum Gasteiger partial charge on any atom is -0.313 e. The van der Waals surface area contributed by atoms with Gasteiger partial charge in [-0.2, -0.15) is 5.10 Å². The van der Waals surface area contributed by atoms with Crippen molar-refractivity contribution in [1.82, 2.24) is 15.1 Å². The van der Waals surface area contributed by atoms with Crippen molar-refractivity contribution in [2.24, 2.45) is 23.2 Å². The lowest BCUT2D eigenvalue weighted by Crippen LogP contribution is -2.47. The zero-order chi connectivity index (χ0) is 14.4. The molecule has 0 radical (unpaired) electrons. The third kappa shape index (κ3) is 2.44. The molecule has 1 N–H and O–H groups in total. The van der Waals surface area contributed by atoms with Crippen LogP contribution in [0, 0.1) is 23.2 Å². The normalized spacial score (nSPS) is 38.9. The molecule has 1 aromatic heterocycles. The molecule has 21 heavy (non-hydrogen) atoms. The molecule has 1 heterocycles. The number of hydrogen-bond donors (Lipinski definition) is 1. The SMILES string of the molecule is CCn1cc(C(CC23CC4CC(CC(C4)C2)C3)NC)cn1. The van der Waals surface area contributed by atoms with Crippen LogP contribution in [0.25, 0.3) is 0 Å². The molecule has 1 aromatic rings. The number of nitrogens with one attached hydrogen (secondary N) is 1. The van der Waals surface area contributed by atoms with Gasteiger partial charge in [-0.25, -0.2) is 0 Å². The Morgan fingerprint density at radius 3 is 2.33 bits per heavy atom. The van der Waals surface area contributed by atoms with Crippen molar-refractivity contribution in [1.29, 1.82) is 0 Å². The van der Waals surface area contributed by atoms with Gasteiger partial charge in [0, 0.05) is 24.3 Å². The Morgan fingerprint density at radius 2 is 1.86 bits per heavy atom. The minimum absolute atomic E-state index is 0.488. The summed E-state index contributed by atoms with van der Waals surface area (Å²) in [5, 5.41) is 8.05. The Bertz CT molecular complexity index is 469.